The predicted octanol–water partition coefficient (Wildman–Crippen LogP) is 3.52. The van der Waals surface area contributed by atoms with E-state index in [-0.39, 0.29) is 11.3 Å². The van der Waals surface area contributed by atoms with Gasteiger partial charge < -0.3 is 16.2 Å². The van der Waals surface area contributed by atoms with Crippen molar-refractivity contribution in [1.29, 1.82) is 0 Å². The van der Waals surface area contributed by atoms with Crippen molar-refractivity contribution in [3.8, 4) is 5.75 Å². The summed E-state index contributed by atoms with van der Waals surface area (Å²) in [5.41, 5.74) is 6.55. The Morgan fingerprint density at radius 2 is 1.56 bits per heavy atom. The van der Waals surface area contributed by atoms with Crippen LogP contribution in [0.2, 0.25) is 0 Å². The lowest BCUT2D eigenvalue weighted by atomic mass is 10.00. The second-order valence-electron chi connectivity index (χ2n) is 6.29. The Balaban J connectivity index is 2.55. The van der Waals surface area contributed by atoms with Gasteiger partial charge in [-0.2, -0.15) is 0 Å². The second-order valence-corrected chi connectivity index (χ2v) is 6.29. The third-order valence-electron chi connectivity index (χ3n) is 4.21. The number of primary amides is 1. The van der Waals surface area contributed by atoms with Crippen LogP contribution in [0.25, 0.3) is 5.57 Å². The van der Waals surface area contributed by atoms with Crippen LogP contribution in [0, 0.1) is 0 Å². The number of nitrogens with two attached hydrogens (primary N) is 1. The van der Waals surface area contributed by atoms with Gasteiger partial charge in [0.25, 0.3) is 11.8 Å². The fourth-order valence-corrected chi connectivity index (χ4v) is 2.70. The van der Waals surface area contributed by atoms with Gasteiger partial charge >= 0.3 is 0 Å². The molecular formula is C20H30N2O3. The molecule has 2 amide bonds. The zero-order valence-corrected chi connectivity index (χ0v) is 15.3. The van der Waals surface area contributed by atoms with Gasteiger partial charge in [0.2, 0.25) is 0 Å². The predicted molar refractivity (Wildman–Crippen MR) is 101 cm³/mol. The van der Waals surface area contributed by atoms with Crippen molar-refractivity contribution >= 4 is 17.4 Å². The Morgan fingerprint density at radius 3 is 2.12 bits per heavy atom. The van der Waals surface area contributed by atoms with Crippen molar-refractivity contribution in [1.82, 2.24) is 5.32 Å². The number of nitrogens with one attached hydrogen (secondary N) is 1. The molecule has 1 aromatic carbocycles. The smallest absolute Gasteiger partial charge is 0.257 e. The summed E-state index contributed by atoms with van der Waals surface area (Å²) in [5.74, 6) is -1.06. The van der Waals surface area contributed by atoms with E-state index in [1.165, 1.54) is 44.2 Å². The van der Waals surface area contributed by atoms with E-state index in [4.69, 9.17) is 5.73 Å². The summed E-state index contributed by atoms with van der Waals surface area (Å²) in [6.07, 6.45) is 8.13. The zero-order chi connectivity index (χ0) is 18.7. The quantitative estimate of drug-likeness (QED) is 0.248. The standard InChI is InChI=1S/C20H30N2O3/c1-3-4-5-6-7-8-9-14-22-20(25)18(19(21)24)15(2)16-10-12-17(23)13-11-16/h10-13,23H,3-9,14H2,1-2H3,(H2,21,24)(H,22,25). The molecule has 5 heteroatoms. The number of hydrogen-bond donors (Lipinski definition) is 3. The number of amides is 2. The molecule has 0 aliphatic carbocycles. The Hall–Kier alpha value is -2.30. The van der Waals surface area contributed by atoms with Crippen LogP contribution in [0.15, 0.2) is 29.8 Å². The molecule has 0 radical (unpaired) electrons. The fourth-order valence-electron chi connectivity index (χ4n) is 2.70. The van der Waals surface area contributed by atoms with Crippen LogP contribution in [0.3, 0.4) is 0 Å². The van der Waals surface area contributed by atoms with Gasteiger partial charge in [0.05, 0.1) is 0 Å². The topological polar surface area (TPSA) is 92.4 Å². The van der Waals surface area contributed by atoms with Crippen molar-refractivity contribution in [3.05, 3.63) is 35.4 Å². The van der Waals surface area contributed by atoms with Crippen LogP contribution in [0.1, 0.15) is 64.4 Å². The summed E-state index contributed by atoms with van der Waals surface area (Å²) in [6, 6.07) is 6.32. The van der Waals surface area contributed by atoms with Crippen molar-refractivity contribution in [3.63, 3.8) is 0 Å². The number of carbonyl (C=O) groups is 2. The number of carbonyl (C=O) groups excluding carboxylic acids is 2. The van der Waals surface area contributed by atoms with Crippen molar-refractivity contribution in [2.24, 2.45) is 5.73 Å². The first-order chi connectivity index (χ1) is 12.0. The first-order valence-electron chi connectivity index (χ1n) is 9.05. The van der Waals surface area contributed by atoms with E-state index in [0.717, 1.165) is 12.8 Å². The maximum Gasteiger partial charge on any atom is 0.257 e. The minimum atomic E-state index is -0.748. The molecule has 0 heterocycles. The van der Waals surface area contributed by atoms with Crippen LogP contribution >= 0.6 is 0 Å². The van der Waals surface area contributed by atoms with Gasteiger partial charge in [0.1, 0.15) is 11.3 Å². The number of unbranched alkanes of at least 4 members (excludes halogenated alkanes) is 6. The normalized spacial score (nSPS) is 11.8. The summed E-state index contributed by atoms with van der Waals surface area (Å²) in [4.78, 5) is 24.0. The number of allylic oxidation sites excluding steroid dienone is 1. The van der Waals surface area contributed by atoms with Crippen molar-refractivity contribution < 1.29 is 14.7 Å². The minimum Gasteiger partial charge on any atom is -0.508 e. The molecule has 0 saturated heterocycles. The molecule has 0 aromatic heterocycles. The van der Waals surface area contributed by atoms with Crippen molar-refractivity contribution in [2.45, 2.75) is 58.8 Å². The van der Waals surface area contributed by atoms with Crippen LogP contribution < -0.4 is 11.1 Å². The number of aromatic hydroxyl groups is 1. The highest BCUT2D eigenvalue weighted by Crippen LogP contribution is 2.21. The molecule has 0 aliphatic rings. The molecule has 0 fully saturated rings. The highest BCUT2D eigenvalue weighted by atomic mass is 16.3. The van der Waals surface area contributed by atoms with E-state index < -0.39 is 11.8 Å². The monoisotopic (exact) mass is 346 g/mol. The summed E-state index contributed by atoms with van der Waals surface area (Å²) in [7, 11) is 0. The molecule has 1 rings (SSSR count). The number of hydrogen-bond acceptors (Lipinski definition) is 3. The molecule has 0 saturated carbocycles. The molecule has 1 aromatic rings. The molecule has 5 nitrogen and oxygen atoms in total. The SMILES string of the molecule is CCCCCCCCCNC(=O)C(C(N)=O)=C(C)c1ccc(O)cc1. The highest BCUT2D eigenvalue weighted by molar-refractivity contribution is 6.23. The lowest BCUT2D eigenvalue weighted by Gasteiger charge is -2.11. The van der Waals surface area contributed by atoms with E-state index in [2.05, 4.69) is 12.2 Å². The summed E-state index contributed by atoms with van der Waals surface area (Å²) >= 11 is 0. The van der Waals surface area contributed by atoms with Gasteiger partial charge in [-0.05, 0) is 36.6 Å². The molecule has 0 atom stereocenters. The Bertz CT molecular complexity index is 591. The second kappa shape index (κ2) is 11.3. The molecular weight excluding hydrogens is 316 g/mol. The Morgan fingerprint density at radius 1 is 1.00 bits per heavy atom. The van der Waals surface area contributed by atoms with Gasteiger partial charge in [-0.1, -0.05) is 57.6 Å². The maximum absolute atomic E-state index is 12.3. The molecule has 25 heavy (non-hydrogen) atoms. The molecule has 138 valence electrons. The minimum absolute atomic E-state index is 0.0337. The van der Waals surface area contributed by atoms with Gasteiger partial charge in [-0.15, -0.1) is 0 Å². The average molecular weight is 346 g/mol. The number of benzene rings is 1. The van der Waals surface area contributed by atoms with Gasteiger partial charge in [0, 0.05) is 6.54 Å². The molecule has 4 N–H and O–H groups in total. The fraction of sp³-hybridized carbons (Fsp3) is 0.500. The molecule has 0 aliphatic heterocycles. The third-order valence-corrected chi connectivity index (χ3v) is 4.21. The summed E-state index contributed by atoms with van der Waals surface area (Å²) in [5, 5.41) is 12.1. The molecule has 0 unspecified atom stereocenters. The van der Waals surface area contributed by atoms with Crippen LogP contribution in [0.5, 0.6) is 5.75 Å². The largest absolute Gasteiger partial charge is 0.508 e. The third kappa shape index (κ3) is 7.42. The Labute approximate surface area is 150 Å². The van der Waals surface area contributed by atoms with E-state index in [1.54, 1.807) is 19.1 Å². The molecule has 0 spiro atoms. The van der Waals surface area contributed by atoms with Crippen LogP contribution in [0.4, 0.5) is 0 Å². The van der Waals surface area contributed by atoms with Gasteiger partial charge in [0.15, 0.2) is 0 Å². The van der Waals surface area contributed by atoms with Crippen molar-refractivity contribution in [2.75, 3.05) is 6.54 Å². The maximum atomic E-state index is 12.3. The first kappa shape index (κ1) is 20.7. The number of phenols is 1. The van der Waals surface area contributed by atoms with Crippen LogP contribution in [-0.2, 0) is 9.59 Å². The lowest BCUT2D eigenvalue weighted by molar-refractivity contribution is -0.122. The van der Waals surface area contributed by atoms with Gasteiger partial charge in [-0.25, -0.2) is 0 Å². The summed E-state index contributed by atoms with van der Waals surface area (Å²) in [6.45, 7) is 4.41. The average Bonchev–Trinajstić information content (AvgIpc) is 2.57. The van der Waals surface area contributed by atoms with E-state index in [9.17, 15) is 14.7 Å². The summed E-state index contributed by atoms with van der Waals surface area (Å²) < 4.78 is 0. The van der Waals surface area contributed by atoms with E-state index in [0.29, 0.717) is 17.7 Å². The van der Waals surface area contributed by atoms with Gasteiger partial charge in [-0.3, -0.25) is 9.59 Å². The number of phenolic OH excluding ortho intramolecular Hbond substituents is 1. The number of rotatable bonds is 11. The first-order valence-corrected chi connectivity index (χ1v) is 9.05. The van der Waals surface area contributed by atoms with E-state index in [1.807, 2.05) is 0 Å². The Kier molecular flexibility index (Phi) is 9.37. The van der Waals surface area contributed by atoms with Crippen LogP contribution in [-0.4, -0.2) is 23.5 Å². The highest BCUT2D eigenvalue weighted by Gasteiger charge is 2.19. The zero-order valence-electron chi connectivity index (χ0n) is 15.3. The molecule has 0 bridgehead atoms. The van der Waals surface area contributed by atoms with E-state index >= 15 is 0 Å². The lowest BCUT2D eigenvalue weighted by Crippen LogP contribution is -2.33.